The standard InChI is InChI=1S/C15H22Cl2N2/c1-3-7-18-14-6-8-19(10-11(14)2)15-9-12(16)4-5-13(15)17/h4-5,9,11,14,18H,3,6-8,10H2,1-2H3. The molecule has 1 aliphatic rings. The van der Waals surface area contributed by atoms with E-state index in [9.17, 15) is 0 Å². The van der Waals surface area contributed by atoms with Gasteiger partial charge >= 0.3 is 0 Å². The van der Waals surface area contributed by atoms with E-state index in [2.05, 4.69) is 24.1 Å². The summed E-state index contributed by atoms with van der Waals surface area (Å²) in [6, 6.07) is 6.31. The van der Waals surface area contributed by atoms with Crippen molar-refractivity contribution in [2.24, 2.45) is 5.92 Å². The minimum Gasteiger partial charge on any atom is -0.370 e. The second-order valence-electron chi connectivity index (χ2n) is 5.37. The average Bonchev–Trinajstić information content (AvgIpc) is 2.40. The maximum atomic E-state index is 6.28. The van der Waals surface area contributed by atoms with Gasteiger partial charge in [-0.3, -0.25) is 0 Å². The zero-order valence-electron chi connectivity index (χ0n) is 11.6. The van der Waals surface area contributed by atoms with Crippen LogP contribution in [0.15, 0.2) is 18.2 Å². The molecule has 0 aliphatic carbocycles. The molecular weight excluding hydrogens is 279 g/mol. The summed E-state index contributed by atoms with van der Waals surface area (Å²) in [5.74, 6) is 0.621. The predicted octanol–water partition coefficient (Wildman–Crippen LogP) is 4.21. The third-order valence-electron chi connectivity index (χ3n) is 3.81. The van der Waals surface area contributed by atoms with Gasteiger partial charge in [-0.2, -0.15) is 0 Å². The highest BCUT2D eigenvalue weighted by Crippen LogP contribution is 2.32. The molecule has 1 aromatic carbocycles. The van der Waals surface area contributed by atoms with Crippen LogP contribution in [0.25, 0.3) is 0 Å². The average molecular weight is 301 g/mol. The number of piperidine rings is 1. The molecule has 2 nitrogen and oxygen atoms in total. The van der Waals surface area contributed by atoms with Crippen LogP contribution in [0.1, 0.15) is 26.7 Å². The van der Waals surface area contributed by atoms with Gasteiger partial charge < -0.3 is 10.2 Å². The van der Waals surface area contributed by atoms with Crippen LogP contribution in [0.4, 0.5) is 5.69 Å². The van der Waals surface area contributed by atoms with Gasteiger partial charge in [-0.15, -0.1) is 0 Å². The molecule has 1 saturated heterocycles. The molecule has 0 radical (unpaired) electrons. The van der Waals surface area contributed by atoms with E-state index in [1.807, 2.05) is 18.2 Å². The van der Waals surface area contributed by atoms with Crippen molar-refractivity contribution < 1.29 is 0 Å². The van der Waals surface area contributed by atoms with Crippen molar-refractivity contribution in [3.05, 3.63) is 28.2 Å². The van der Waals surface area contributed by atoms with Crippen molar-refractivity contribution in [3.8, 4) is 0 Å². The van der Waals surface area contributed by atoms with Crippen molar-refractivity contribution in [3.63, 3.8) is 0 Å². The maximum absolute atomic E-state index is 6.28. The summed E-state index contributed by atoms with van der Waals surface area (Å²) in [4.78, 5) is 2.35. The minimum absolute atomic E-state index is 0.620. The Bertz CT molecular complexity index is 423. The summed E-state index contributed by atoms with van der Waals surface area (Å²) >= 11 is 12.4. The highest BCUT2D eigenvalue weighted by atomic mass is 35.5. The lowest BCUT2D eigenvalue weighted by Gasteiger charge is -2.39. The summed E-state index contributed by atoms with van der Waals surface area (Å²) in [6.07, 6.45) is 2.34. The molecule has 0 saturated carbocycles. The normalized spacial score (nSPS) is 23.7. The van der Waals surface area contributed by atoms with Gasteiger partial charge in [0, 0.05) is 24.2 Å². The van der Waals surface area contributed by atoms with Crippen LogP contribution >= 0.6 is 23.2 Å². The van der Waals surface area contributed by atoms with Crippen LogP contribution in [0.2, 0.25) is 10.0 Å². The number of rotatable bonds is 4. The van der Waals surface area contributed by atoms with Crippen molar-refractivity contribution in [1.82, 2.24) is 5.32 Å². The van der Waals surface area contributed by atoms with Crippen LogP contribution in [0.3, 0.4) is 0 Å². The Morgan fingerprint density at radius 3 is 2.84 bits per heavy atom. The van der Waals surface area contributed by atoms with Crippen molar-refractivity contribution in [2.75, 3.05) is 24.5 Å². The topological polar surface area (TPSA) is 15.3 Å². The van der Waals surface area contributed by atoms with E-state index in [0.29, 0.717) is 12.0 Å². The van der Waals surface area contributed by atoms with Gasteiger partial charge in [0.1, 0.15) is 0 Å². The molecular formula is C15H22Cl2N2. The Morgan fingerprint density at radius 1 is 1.37 bits per heavy atom. The number of hydrogen-bond donors (Lipinski definition) is 1. The first-order chi connectivity index (χ1) is 9.11. The summed E-state index contributed by atoms with van der Waals surface area (Å²) in [6.45, 7) is 7.68. The Labute approximate surface area is 126 Å². The lowest BCUT2D eigenvalue weighted by Crippen LogP contribution is -2.48. The molecule has 0 bridgehead atoms. The van der Waals surface area contributed by atoms with Gasteiger partial charge in [-0.1, -0.05) is 37.0 Å². The van der Waals surface area contributed by atoms with E-state index >= 15 is 0 Å². The van der Waals surface area contributed by atoms with Crippen LogP contribution < -0.4 is 10.2 Å². The van der Waals surface area contributed by atoms with Crippen molar-refractivity contribution in [1.29, 1.82) is 0 Å². The highest BCUT2D eigenvalue weighted by molar-refractivity contribution is 6.35. The van der Waals surface area contributed by atoms with Crippen molar-refractivity contribution >= 4 is 28.9 Å². The largest absolute Gasteiger partial charge is 0.370 e. The van der Waals surface area contributed by atoms with E-state index in [1.54, 1.807) is 0 Å². The number of halogens is 2. The molecule has 0 spiro atoms. The molecule has 1 aromatic rings. The maximum Gasteiger partial charge on any atom is 0.0640 e. The quantitative estimate of drug-likeness (QED) is 0.896. The van der Waals surface area contributed by atoms with E-state index in [0.717, 1.165) is 41.8 Å². The van der Waals surface area contributed by atoms with Gasteiger partial charge in [0.25, 0.3) is 0 Å². The van der Waals surface area contributed by atoms with Crippen LogP contribution in [0, 0.1) is 5.92 Å². The first-order valence-electron chi connectivity index (χ1n) is 7.05. The lowest BCUT2D eigenvalue weighted by molar-refractivity contribution is 0.322. The van der Waals surface area contributed by atoms with Crippen molar-refractivity contribution in [2.45, 2.75) is 32.7 Å². The van der Waals surface area contributed by atoms with E-state index in [1.165, 1.54) is 6.42 Å². The van der Waals surface area contributed by atoms with E-state index in [4.69, 9.17) is 23.2 Å². The second kappa shape index (κ2) is 6.83. The van der Waals surface area contributed by atoms with Gasteiger partial charge in [-0.05, 0) is 43.5 Å². The fourth-order valence-electron chi connectivity index (χ4n) is 2.73. The number of anilines is 1. The Kier molecular flexibility index (Phi) is 5.37. The Morgan fingerprint density at radius 2 is 2.16 bits per heavy atom. The third kappa shape index (κ3) is 3.77. The minimum atomic E-state index is 0.620. The SMILES string of the molecule is CCCNC1CCN(c2cc(Cl)ccc2Cl)CC1C. The van der Waals surface area contributed by atoms with Gasteiger partial charge in [0.2, 0.25) is 0 Å². The zero-order valence-corrected chi connectivity index (χ0v) is 13.1. The van der Waals surface area contributed by atoms with Crippen LogP contribution in [0.5, 0.6) is 0 Å². The van der Waals surface area contributed by atoms with Gasteiger partial charge in [0.15, 0.2) is 0 Å². The second-order valence-corrected chi connectivity index (χ2v) is 6.21. The predicted molar refractivity (Wildman–Crippen MR) is 84.5 cm³/mol. The molecule has 2 unspecified atom stereocenters. The first-order valence-corrected chi connectivity index (χ1v) is 7.80. The molecule has 0 aromatic heterocycles. The molecule has 0 amide bonds. The molecule has 1 N–H and O–H groups in total. The molecule has 19 heavy (non-hydrogen) atoms. The zero-order chi connectivity index (χ0) is 13.8. The fraction of sp³-hybridized carbons (Fsp3) is 0.600. The summed E-state index contributed by atoms with van der Waals surface area (Å²) in [7, 11) is 0. The molecule has 1 aliphatic heterocycles. The van der Waals surface area contributed by atoms with Gasteiger partial charge in [-0.25, -0.2) is 0 Å². The molecule has 2 rings (SSSR count). The molecule has 1 fully saturated rings. The molecule has 4 heteroatoms. The Hall–Kier alpha value is -0.440. The lowest BCUT2D eigenvalue weighted by atomic mass is 9.93. The highest BCUT2D eigenvalue weighted by Gasteiger charge is 2.26. The molecule has 2 atom stereocenters. The smallest absolute Gasteiger partial charge is 0.0640 e. The molecule has 1 heterocycles. The monoisotopic (exact) mass is 300 g/mol. The number of nitrogens with zero attached hydrogens (tertiary/aromatic N) is 1. The first kappa shape index (κ1) is 15.0. The summed E-state index contributed by atoms with van der Waals surface area (Å²) < 4.78 is 0. The third-order valence-corrected chi connectivity index (χ3v) is 4.37. The Balaban J connectivity index is 2.03. The number of hydrogen-bond acceptors (Lipinski definition) is 2. The summed E-state index contributed by atoms with van der Waals surface area (Å²) in [5, 5.41) is 5.17. The summed E-state index contributed by atoms with van der Waals surface area (Å²) in [5.41, 5.74) is 1.06. The number of benzene rings is 1. The van der Waals surface area contributed by atoms with E-state index < -0.39 is 0 Å². The number of nitrogens with one attached hydrogen (secondary N) is 1. The van der Waals surface area contributed by atoms with Crippen LogP contribution in [-0.2, 0) is 0 Å². The molecule has 106 valence electrons. The van der Waals surface area contributed by atoms with E-state index in [-0.39, 0.29) is 0 Å². The fourth-order valence-corrected chi connectivity index (χ4v) is 3.13. The van der Waals surface area contributed by atoms with Gasteiger partial charge in [0.05, 0.1) is 10.7 Å². The van der Waals surface area contributed by atoms with Crippen LogP contribution in [-0.4, -0.2) is 25.7 Å².